The first-order valence-electron chi connectivity index (χ1n) is 5.11. The van der Waals surface area contributed by atoms with Gasteiger partial charge in [0.05, 0.1) is 6.61 Å². The lowest BCUT2D eigenvalue weighted by Crippen LogP contribution is -2.04. The number of hydrogen-bond acceptors (Lipinski definition) is 2. The van der Waals surface area contributed by atoms with Crippen LogP contribution in [0.25, 0.3) is 6.08 Å². The van der Waals surface area contributed by atoms with E-state index in [4.69, 9.17) is 16.3 Å². The van der Waals surface area contributed by atoms with Crippen LogP contribution in [0.3, 0.4) is 0 Å². The first-order valence-corrected chi connectivity index (χ1v) is 5.65. The molecule has 2 nitrogen and oxygen atoms in total. The van der Waals surface area contributed by atoms with Gasteiger partial charge in [0.1, 0.15) is 0 Å². The van der Waals surface area contributed by atoms with E-state index in [-0.39, 0.29) is 5.75 Å². The van der Waals surface area contributed by atoms with E-state index in [1.165, 1.54) is 6.07 Å². The Bertz CT molecular complexity index is 381. The highest BCUT2D eigenvalue weighted by molar-refractivity contribution is 6.19. The molecule has 0 saturated heterocycles. The van der Waals surface area contributed by atoms with Gasteiger partial charge >= 0.3 is 6.61 Å². The van der Waals surface area contributed by atoms with Gasteiger partial charge in [-0.3, -0.25) is 0 Å². The first kappa shape index (κ1) is 13.8. The highest BCUT2D eigenvalue weighted by atomic mass is 35.5. The van der Waals surface area contributed by atoms with Crippen LogP contribution in [0.4, 0.5) is 8.78 Å². The topological polar surface area (TPSA) is 18.5 Å². The van der Waals surface area contributed by atoms with Gasteiger partial charge < -0.3 is 9.47 Å². The van der Waals surface area contributed by atoms with Gasteiger partial charge in [-0.25, -0.2) is 0 Å². The van der Waals surface area contributed by atoms with Crippen molar-refractivity contribution in [3.05, 3.63) is 29.8 Å². The zero-order chi connectivity index (χ0) is 12.7. The highest BCUT2D eigenvalue weighted by Crippen LogP contribution is 2.30. The van der Waals surface area contributed by atoms with Gasteiger partial charge in [-0.05, 0) is 24.6 Å². The molecule has 0 aliphatic rings. The second-order valence-electron chi connectivity index (χ2n) is 3.07. The number of hydrogen-bond donors (Lipinski definition) is 0. The molecule has 5 heteroatoms. The van der Waals surface area contributed by atoms with E-state index >= 15 is 0 Å². The fourth-order valence-corrected chi connectivity index (χ4v) is 1.36. The molecule has 94 valence electrons. The maximum absolute atomic E-state index is 12.1. The summed E-state index contributed by atoms with van der Waals surface area (Å²) in [4.78, 5) is 0. The van der Waals surface area contributed by atoms with Crippen molar-refractivity contribution in [3.63, 3.8) is 0 Å². The molecule has 0 fully saturated rings. The minimum Gasteiger partial charge on any atom is -0.490 e. The van der Waals surface area contributed by atoms with Crippen LogP contribution in [0.15, 0.2) is 24.3 Å². The first-order chi connectivity index (χ1) is 8.17. The molecule has 0 aliphatic carbocycles. The summed E-state index contributed by atoms with van der Waals surface area (Å²) in [5, 5.41) is 0. The summed E-state index contributed by atoms with van der Waals surface area (Å²) < 4.78 is 33.9. The van der Waals surface area contributed by atoms with Crippen LogP contribution in [0.5, 0.6) is 11.5 Å². The number of rotatable bonds is 6. The SMILES string of the molecule is CCOc1cc(C=CCCl)ccc1OC(F)F. The standard InChI is InChI=1S/C12H13ClF2O2/c1-2-16-11-8-9(4-3-7-13)5-6-10(11)17-12(14)15/h3-6,8,12H,2,7H2,1H3. The van der Waals surface area contributed by atoms with Crippen molar-refractivity contribution in [1.29, 1.82) is 0 Å². The molecule has 0 bridgehead atoms. The van der Waals surface area contributed by atoms with Crippen molar-refractivity contribution in [3.8, 4) is 11.5 Å². The lowest BCUT2D eigenvalue weighted by atomic mass is 10.2. The van der Waals surface area contributed by atoms with E-state index in [9.17, 15) is 8.78 Å². The maximum atomic E-state index is 12.1. The Kier molecular flexibility index (Phi) is 5.77. The average molecular weight is 263 g/mol. The van der Waals surface area contributed by atoms with Gasteiger partial charge in [-0.1, -0.05) is 18.2 Å². The molecule has 0 heterocycles. The third-order valence-corrected chi connectivity index (χ3v) is 2.06. The number of alkyl halides is 3. The number of ether oxygens (including phenoxy) is 2. The van der Waals surface area contributed by atoms with Crippen LogP contribution in [0.1, 0.15) is 12.5 Å². The van der Waals surface area contributed by atoms with Crippen LogP contribution in [0, 0.1) is 0 Å². The summed E-state index contributed by atoms with van der Waals surface area (Å²) in [6.45, 7) is -0.714. The van der Waals surface area contributed by atoms with Crippen molar-refractivity contribution in [2.75, 3.05) is 12.5 Å². The van der Waals surface area contributed by atoms with Crippen molar-refractivity contribution < 1.29 is 18.3 Å². The van der Waals surface area contributed by atoms with Gasteiger partial charge in [0.25, 0.3) is 0 Å². The van der Waals surface area contributed by atoms with Crippen molar-refractivity contribution in [1.82, 2.24) is 0 Å². The molecular formula is C12H13ClF2O2. The van der Waals surface area contributed by atoms with E-state index in [0.29, 0.717) is 18.2 Å². The van der Waals surface area contributed by atoms with Gasteiger partial charge in [-0.15, -0.1) is 11.6 Å². The fraction of sp³-hybridized carbons (Fsp3) is 0.333. The summed E-state index contributed by atoms with van der Waals surface area (Å²) >= 11 is 5.51. The zero-order valence-corrected chi connectivity index (χ0v) is 10.1. The number of halogens is 3. The van der Waals surface area contributed by atoms with Crippen LogP contribution < -0.4 is 9.47 Å². The van der Waals surface area contributed by atoms with Crippen molar-refractivity contribution >= 4 is 17.7 Å². The molecule has 1 rings (SSSR count). The molecule has 1 aromatic rings. The summed E-state index contributed by atoms with van der Waals surface area (Å²) in [5.74, 6) is 0.716. The van der Waals surface area contributed by atoms with Crippen molar-refractivity contribution in [2.24, 2.45) is 0 Å². The molecular weight excluding hydrogens is 250 g/mol. The molecule has 0 aromatic heterocycles. The number of allylic oxidation sites excluding steroid dienone is 1. The van der Waals surface area contributed by atoms with E-state index in [0.717, 1.165) is 5.56 Å². The minimum atomic E-state index is -2.86. The second kappa shape index (κ2) is 7.12. The largest absolute Gasteiger partial charge is 0.490 e. The highest BCUT2D eigenvalue weighted by Gasteiger charge is 2.10. The third kappa shape index (κ3) is 4.61. The van der Waals surface area contributed by atoms with Crippen LogP contribution in [0.2, 0.25) is 0 Å². The quantitative estimate of drug-likeness (QED) is 0.723. The number of benzene rings is 1. The maximum Gasteiger partial charge on any atom is 0.387 e. The molecule has 17 heavy (non-hydrogen) atoms. The Labute approximate surface area is 104 Å². The fourth-order valence-electron chi connectivity index (χ4n) is 1.27. The minimum absolute atomic E-state index is 0.0323. The zero-order valence-electron chi connectivity index (χ0n) is 9.33. The lowest BCUT2D eigenvalue weighted by Gasteiger charge is -2.11. The monoisotopic (exact) mass is 262 g/mol. The third-order valence-electron chi connectivity index (χ3n) is 1.88. The van der Waals surface area contributed by atoms with Crippen LogP contribution in [-0.2, 0) is 0 Å². The summed E-state index contributed by atoms with van der Waals surface area (Å²) in [6, 6.07) is 4.73. The van der Waals surface area contributed by atoms with Gasteiger partial charge in [-0.2, -0.15) is 8.78 Å². The Balaban J connectivity index is 2.94. The van der Waals surface area contributed by atoms with E-state index in [1.807, 2.05) is 0 Å². The van der Waals surface area contributed by atoms with Crippen molar-refractivity contribution in [2.45, 2.75) is 13.5 Å². The van der Waals surface area contributed by atoms with Gasteiger partial charge in [0, 0.05) is 5.88 Å². The molecule has 0 N–H and O–H groups in total. The Hall–Kier alpha value is -1.29. The molecule has 0 amide bonds. The molecule has 0 unspecified atom stereocenters. The van der Waals surface area contributed by atoms with E-state index < -0.39 is 6.61 Å². The molecule has 0 aliphatic heterocycles. The normalized spacial score (nSPS) is 11.1. The van der Waals surface area contributed by atoms with Gasteiger partial charge in [0.2, 0.25) is 0 Å². The molecule has 1 aromatic carbocycles. The van der Waals surface area contributed by atoms with E-state index in [2.05, 4.69) is 4.74 Å². The predicted octanol–water partition coefficient (Wildman–Crippen LogP) is 3.94. The summed E-state index contributed by atoms with van der Waals surface area (Å²) in [6.07, 6.45) is 3.53. The van der Waals surface area contributed by atoms with Crippen LogP contribution in [-0.4, -0.2) is 19.1 Å². The predicted molar refractivity (Wildman–Crippen MR) is 64.0 cm³/mol. The Morgan fingerprint density at radius 3 is 2.71 bits per heavy atom. The van der Waals surface area contributed by atoms with Gasteiger partial charge in [0.15, 0.2) is 11.5 Å². The molecule has 0 atom stereocenters. The average Bonchev–Trinajstić information content (AvgIpc) is 2.29. The summed E-state index contributed by atoms with van der Waals surface area (Å²) in [5.41, 5.74) is 0.815. The molecule has 0 spiro atoms. The molecule has 0 radical (unpaired) electrons. The van der Waals surface area contributed by atoms with Crippen LogP contribution >= 0.6 is 11.6 Å². The second-order valence-corrected chi connectivity index (χ2v) is 3.38. The summed E-state index contributed by atoms with van der Waals surface area (Å²) in [7, 11) is 0. The van der Waals surface area contributed by atoms with E-state index in [1.54, 1.807) is 31.2 Å². The smallest absolute Gasteiger partial charge is 0.387 e. The lowest BCUT2D eigenvalue weighted by molar-refractivity contribution is -0.0514. The Morgan fingerprint density at radius 1 is 1.35 bits per heavy atom. The Morgan fingerprint density at radius 2 is 2.12 bits per heavy atom. The molecule has 0 saturated carbocycles.